The molecule has 31 heavy (non-hydrogen) atoms. The third-order valence-corrected chi connectivity index (χ3v) is 5.02. The quantitative estimate of drug-likeness (QED) is 0.429. The Bertz CT molecular complexity index is 1000. The number of amides is 1. The number of carbonyl (C=O) groups excluding carboxylic acids is 1. The molecule has 1 aromatic heterocycles. The molecule has 1 fully saturated rings. The topological polar surface area (TPSA) is 103 Å². The minimum absolute atomic E-state index is 0.0381. The highest BCUT2D eigenvalue weighted by molar-refractivity contribution is 5.81. The smallest absolute Gasteiger partial charge is 0.407 e. The van der Waals surface area contributed by atoms with Gasteiger partial charge in [0.2, 0.25) is 5.95 Å². The molecule has 1 aliphatic heterocycles. The number of fused-ring (bicyclic) bond motifs is 1. The van der Waals surface area contributed by atoms with Crippen molar-refractivity contribution >= 4 is 28.8 Å². The minimum atomic E-state index is -0.423. The fraction of sp³-hybridized carbons (Fsp3) is 0.545. The lowest BCUT2D eigenvalue weighted by atomic mass is 10.1. The Kier molecular flexibility index (Phi) is 6.52. The van der Waals surface area contributed by atoms with Crippen LogP contribution in [0.25, 0.3) is 11.0 Å². The van der Waals surface area contributed by atoms with Crippen LogP contribution in [-0.2, 0) is 11.3 Å². The number of benzene rings is 1. The highest BCUT2D eigenvalue weighted by atomic mass is 16.6. The molecule has 1 aromatic carbocycles. The lowest BCUT2D eigenvalue weighted by molar-refractivity contribution is -0.384. The first-order chi connectivity index (χ1) is 14.5. The van der Waals surface area contributed by atoms with E-state index in [1.165, 1.54) is 6.07 Å². The third-order valence-electron chi connectivity index (χ3n) is 5.02. The van der Waals surface area contributed by atoms with Gasteiger partial charge in [0, 0.05) is 30.8 Å². The van der Waals surface area contributed by atoms with Gasteiger partial charge < -0.3 is 19.5 Å². The predicted octanol–water partition coefficient (Wildman–Crippen LogP) is 4.40. The van der Waals surface area contributed by atoms with Gasteiger partial charge in [-0.25, -0.2) is 9.78 Å². The van der Waals surface area contributed by atoms with Crippen molar-refractivity contribution in [3.63, 3.8) is 0 Å². The van der Waals surface area contributed by atoms with Crippen LogP contribution in [0.15, 0.2) is 29.8 Å². The Balaban J connectivity index is 1.89. The van der Waals surface area contributed by atoms with E-state index in [0.717, 1.165) is 36.4 Å². The van der Waals surface area contributed by atoms with E-state index in [1.807, 2.05) is 39.2 Å². The van der Waals surface area contributed by atoms with Crippen LogP contribution >= 0.6 is 0 Å². The van der Waals surface area contributed by atoms with Gasteiger partial charge in [-0.05, 0) is 53.5 Å². The molecule has 0 saturated carbocycles. The highest BCUT2D eigenvalue weighted by Gasteiger charge is 2.28. The van der Waals surface area contributed by atoms with Crippen LogP contribution < -0.4 is 10.2 Å². The number of alkyl carbamates (subject to hydrolysis) is 1. The number of non-ortho nitro benzene ring substituents is 1. The molecule has 0 aliphatic carbocycles. The molecule has 2 heterocycles. The van der Waals surface area contributed by atoms with Gasteiger partial charge >= 0.3 is 6.09 Å². The van der Waals surface area contributed by atoms with Crippen molar-refractivity contribution in [2.24, 2.45) is 0 Å². The van der Waals surface area contributed by atoms with Gasteiger partial charge in [-0.3, -0.25) is 10.1 Å². The first-order valence-corrected chi connectivity index (χ1v) is 10.6. The largest absolute Gasteiger partial charge is 0.444 e. The number of hydrogen-bond acceptors (Lipinski definition) is 6. The van der Waals surface area contributed by atoms with Crippen molar-refractivity contribution in [3.05, 3.63) is 40.0 Å². The van der Waals surface area contributed by atoms with Gasteiger partial charge in [0.05, 0.1) is 22.5 Å². The van der Waals surface area contributed by atoms with Crippen molar-refractivity contribution in [3.8, 4) is 0 Å². The van der Waals surface area contributed by atoms with Crippen LogP contribution in [0.4, 0.5) is 16.4 Å². The summed E-state index contributed by atoms with van der Waals surface area (Å²) in [5, 5.41) is 14.1. The summed E-state index contributed by atoms with van der Waals surface area (Å²) in [4.78, 5) is 30.0. The van der Waals surface area contributed by atoms with E-state index >= 15 is 0 Å². The maximum Gasteiger partial charge on any atom is 0.407 e. The molecule has 1 amide bonds. The lowest BCUT2D eigenvalue weighted by Crippen LogP contribution is -2.46. The molecule has 9 heteroatoms. The van der Waals surface area contributed by atoms with Gasteiger partial charge in [0.15, 0.2) is 0 Å². The Labute approximate surface area is 182 Å². The fourth-order valence-electron chi connectivity index (χ4n) is 3.61. The average molecular weight is 430 g/mol. The number of nitro benzene ring substituents is 1. The number of rotatable bonds is 5. The number of imidazole rings is 1. The minimum Gasteiger partial charge on any atom is -0.444 e. The summed E-state index contributed by atoms with van der Waals surface area (Å²) in [7, 11) is 0. The standard InChI is InChI=1S/C22H31N5O4/c1-15(2)10-12-26-19-13-16(27(29)30)8-9-18(19)23-20(26)25-11-6-7-17(14-25)31-21(28)24-22(3,4)5/h8-10,13,17H,6-7,11-12,14H2,1-5H3,(H,24,28). The second-order valence-electron chi connectivity index (χ2n) is 9.22. The average Bonchev–Trinajstić information content (AvgIpc) is 3.02. The van der Waals surface area contributed by atoms with Crippen molar-refractivity contribution < 1.29 is 14.5 Å². The Morgan fingerprint density at radius 2 is 2.13 bits per heavy atom. The molecular formula is C22H31N5O4. The van der Waals surface area contributed by atoms with Gasteiger partial charge in [-0.1, -0.05) is 11.6 Å². The molecule has 0 bridgehead atoms. The van der Waals surface area contributed by atoms with Crippen molar-refractivity contribution in [1.82, 2.24) is 14.9 Å². The zero-order chi connectivity index (χ0) is 22.8. The third kappa shape index (κ3) is 5.74. The van der Waals surface area contributed by atoms with E-state index in [9.17, 15) is 14.9 Å². The van der Waals surface area contributed by atoms with E-state index in [2.05, 4.69) is 16.3 Å². The first kappa shape index (κ1) is 22.6. The lowest BCUT2D eigenvalue weighted by Gasteiger charge is -2.34. The molecule has 1 unspecified atom stereocenters. The number of carbonyl (C=O) groups is 1. The highest BCUT2D eigenvalue weighted by Crippen LogP contribution is 2.29. The number of nitrogens with one attached hydrogen (secondary N) is 1. The van der Waals surface area contributed by atoms with Gasteiger partial charge in [0.25, 0.3) is 5.69 Å². The van der Waals surface area contributed by atoms with E-state index in [0.29, 0.717) is 18.6 Å². The number of anilines is 1. The number of ether oxygens (including phenoxy) is 1. The number of allylic oxidation sites excluding steroid dienone is 2. The molecule has 1 atom stereocenters. The van der Waals surface area contributed by atoms with E-state index in [4.69, 9.17) is 9.72 Å². The molecule has 1 saturated heterocycles. The second kappa shape index (κ2) is 8.95. The summed E-state index contributed by atoms with van der Waals surface area (Å²) in [5.41, 5.74) is 2.25. The van der Waals surface area contributed by atoms with Crippen LogP contribution in [0.3, 0.4) is 0 Å². The zero-order valence-corrected chi connectivity index (χ0v) is 18.8. The second-order valence-corrected chi connectivity index (χ2v) is 9.22. The number of hydrogen-bond donors (Lipinski definition) is 1. The first-order valence-electron chi connectivity index (χ1n) is 10.6. The van der Waals surface area contributed by atoms with E-state index in [-0.39, 0.29) is 17.3 Å². The molecule has 1 aliphatic rings. The number of nitrogens with zero attached hydrogens (tertiary/aromatic N) is 4. The van der Waals surface area contributed by atoms with E-state index < -0.39 is 11.0 Å². The monoisotopic (exact) mass is 429 g/mol. The normalized spacial score (nSPS) is 16.8. The number of nitro groups is 1. The molecular weight excluding hydrogens is 398 g/mol. The summed E-state index contributed by atoms with van der Waals surface area (Å²) >= 11 is 0. The van der Waals surface area contributed by atoms with Crippen LogP contribution in [0, 0.1) is 10.1 Å². The maximum absolute atomic E-state index is 12.2. The summed E-state index contributed by atoms with van der Waals surface area (Å²) in [6.07, 6.45) is 3.04. The molecule has 1 N–H and O–H groups in total. The van der Waals surface area contributed by atoms with Crippen molar-refractivity contribution in [2.75, 3.05) is 18.0 Å². The SMILES string of the molecule is CC(C)=CCn1c(N2CCCC(OC(=O)NC(C)(C)C)C2)nc2ccc([N+](=O)[O-])cc21. The summed E-state index contributed by atoms with van der Waals surface area (Å²) in [5.74, 6) is 0.734. The van der Waals surface area contributed by atoms with Crippen molar-refractivity contribution in [1.29, 1.82) is 0 Å². The van der Waals surface area contributed by atoms with Gasteiger partial charge in [0.1, 0.15) is 6.10 Å². The Morgan fingerprint density at radius 1 is 1.39 bits per heavy atom. The van der Waals surface area contributed by atoms with Crippen LogP contribution in [0.2, 0.25) is 0 Å². The number of aromatic nitrogens is 2. The Morgan fingerprint density at radius 3 is 2.77 bits per heavy atom. The molecule has 2 aromatic rings. The summed E-state index contributed by atoms with van der Waals surface area (Å²) < 4.78 is 7.64. The Hall–Kier alpha value is -3.10. The van der Waals surface area contributed by atoms with Crippen LogP contribution in [0.1, 0.15) is 47.5 Å². The predicted molar refractivity (Wildman–Crippen MR) is 120 cm³/mol. The summed E-state index contributed by atoms with van der Waals surface area (Å²) in [6, 6.07) is 4.73. The number of piperidine rings is 1. The van der Waals surface area contributed by atoms with Crippen LogP contribution in [0.5, 0.6) is 0 Å². The van der Waals surface area contributed by atoms with Gasteiger partial charge in [-0.15, -0.1) is 0 Å². The zero-order valence-electron chi connectivity index (χ0n) is 18.8. The summed E-state index contributed by atoms with van der Waals surface area (Å²) in [6.45, 7) is 11.6. The molecule has 9 nitrogen and oxygen atoms in total. The van der Waals surface area contributed by atoms with Gasteiger partial charge in [-0.2, -0.15) is 0 Å². The molecule has 0 radical (unpaired) electrons. The van der Waals surface area contributed by atoms with E-state index in [1.54, 1.807) is 12.1 Å². The molecule has 168 valence electrons. The molecule has 0 spiro atoms. The van der Waals surface area contributed by atoms with Crippen LogP contribution in [-0.4, -0.2) is 45.3 Å². The maximum atomic E-state index is 12.2. The van der Waals surface area contributed by atoms with Crippen molar-refractivity contribution in [2.45, 2.75) is 65.6 Å². The molecule has 3 rings (SSSR count). The fourth-order valence-corrected chi connectivity index (χ4v) is 3.61.